The molecule has 2 heterocycles. The van der Waals surface area contributed by atoms with E-state index in [2.05, 4.69) is 38.2 Å². The largest absolute Gasteiger partial charge is 0.312 e. The number of fused-ring (bicyclic) bond motifs is 1. The van der Waals surface area contributed by atoms with Crippen LogP contribution >= 0.6 is 0 Å². The van der Waals surface area contributed by atoms with Gasteiger partial charge in [0.05, 0.1) is 0 Å². The van der Waals surface area contributed by atoms with Crippen molar-refractivity contribution >= 4 is 0 Å². The normalized spacial score (nSPS) is 20.4. The Bertz CT molecular complexity index is 344. The number of nitrogens with zero attached hydrogens (tertiary/aromatic N) is 1. The van der Waals surface area contributed by atoms with Crippen molar-refractivity contribution in [2.24, 2.45) is 5.92 Å². The third-order valence-corrected chi connectivity index (χ3v) is 2.92. The average Bonchev–Trinajstić information content (AvgIpc) is 2.18. The zero-order chi connectivity index (χ0) is 10.8. The highest BCUT2D eigenvalue weighted by Gasteiger charge is 2.17. The van der Waals surface area contributed by atoms with Gasteiger partial charge in [0.2, 0.25) is 0 Å². The zero-order valence-corrected chi connectivity index (χ0v) is 9.88. The van der Waals surface area contributed by atoms with Gasteiger partial charge in [-0.1, -0.05) is 26.8 Å². The molecular weight excluding hydrogens is 184 g/mol. The standard InChI is InChI=1S/C13H20N2/c1-9(2)6-12-5-4-11-8-14-7-10(3)13(11)15-12/h4-5,9-10,14H,6-8H2,1-3H3. The fraction of sp³-hybridized carbons (Fsp3) is 0.615. The van der Waals surface area contributed by atoms with Gasteiger partial charge in [-0.2, -0.15) is 0 Å². The maximum atomic E-state index is 4.79. The summed E-state index contributed by atoms with van der Waals surface area (Å²) in [5.41, 5.74) is 3.94. The van der Waals surface area contributed by atoms with E-state index in [9.17, 15) is 0 Å². The van der Waals surface area contributed by atoms with Crippen LogP contribution in [0.25, 0.3) is 0 Å². The lowest BCUT2D eigenvalue weighted by Crippen LogP contribution is -2.27. The van der Waals surface area contributed by atoms with E-state index in [1.165, 1.54) is 17.0 Å². The highest BCUT2D eigenvalue weighted by molar-refractivity contribution is 5.28. The van der Waals surface area contributed by atoms with Gasteiger partial charge in [0.25, 0.3) is 0 Å². The van der Waals surface area contributed by atoms with Crippen molar-refractivity contribution in [1.82, 2.24) is 10.3 Å². The summed E-state index contributed by atoms with van der Waals surface area (Å²) in [6.07, 6.45) is 1.09. The molecule has 0 amide bonds. The molecule has 1 N–H and O–H groups in total. The minimum absolute atomic E-state index is 0.556. The first kappa shape index (κ1) is 10.6. The molecular formula is C13H20N2. The Kier molecular flexibility index (Phi) is 3.06. The number of nitrogens with one attached hydrogen (secondary N) is 1. The van der Waals surface area contributed by atoms with Gasteiger partial charge >= 0.3 is 0 Å². The molecule has 1 unspecified atom stereocenters. The molecule has 1 aliphatic heterocycles. The number of hydrogen-bond acceptors (Lipinski definition) is 2. The van der Waals surface area contributed by atoms with Crippen LogP contribution in [0.1, 0.15) is 43.6 Å². The lowest BCUT2D eigenvalue weighted by Gasteiger charge is -2.23. The van der Waals surface area contributed by atoms with Gasteiger partial charge in [-0.05, 0) is 24.0 Å². The maximum absolute atomic E-state index is 4.79. The van der Waals surface area contributed by atoms with Crippen molar-refractivity contribution in [2.45, 2.75) is 39.7 Å². The van der Waals surface area contributed by atoms with E-state index in [-0.39, 0.29) is 0 Å². The minimum Gasteiger partial charge on any atom is -0.312 e. The maximum Gasteiger partial charge on any atom is 0.0492 e. The average molecular weight is 204 g/mol. The fourth-order valence-electron chi connectivity index (χ4n) is 2.17. The third kappa shape index (κ3) is 2.37. The molecule has 15 heavy (non-hydrogen) atoms. The minimum atomic E-state index is 0.556. The van der Waals surface area contributed by atoms with E-state index < -0.39 is 0 Å². The van der Waals surface area contributed by atoms with Gasteiger partial charge in [-0.3, -0.25) is 4.98 Å². The lowest BCUT2D eigenvalue weighted by atomic mass is 9.96. The molecule has 0 saturated heterocycles. The molecule has 1 aromatic rings. The van der Waals surface area contributed by atoms with Crippen LogP contribution in [0.3, 0.4) is 0 Å². The second-order valence-corrected chi connectivity index (χ2v) is 4.98. The SMILES string of the molecule is CC(C)Cc1ccc2c(n1)C(C)CNC2. The van der Waals surface area contributed by atoms with Crippen LogP contribution in [0, 0.1) is 5.92 Å². The van der Waals surface area contributed by atoms with Crippen molar-refractivity contribution < 1.29 is 0 Å². The first-order valence-electron chi connectivity index (χ1n) is 5.86. The molecule has 1 aliphatic rings. The summed E-state index contributed by atoms with van der Waals surface area (Å²) in [4.78, 5) is 4.79. The van der Waals surface area contributed by atoms with Crippen molar-refractivity contribution in [3.05, 3.63) is 29.1 Å². The van der Waals surface area contributed by atoms with Crippen LogP contribution in [0.5, 0.6) is 0 Å². The summed E-state index contributed by atoms with van der Waals surface area (Å²) in [7, 11) is 0. The van der Waals surface area contributed by atoms with Crippen molar-refractivity contribution in [1.29, 1.82) is 0 Å². The van der Waals surface area contributed by atoms with Crippen LogP contribution in [0.2, 0.25) is 0 Å². The first-order chi connectivity index (χ1) is 7.16. The van der Waals surface area contributed by atoms with Crippen molar-refractivity contribution in [2.75, 3.05) is 6.54 Å². The third-order valence-electron chi connectivity index (χ3n) is 2.92. The van der Waals surface area contributed by atoms with Gasteiger partial charge in [0, 0.05) is 30.4 Å². The fourth-order valence-corrected chi connectivity index (χ4v) is 2.17. The van der Waals surface area contributed by atoms with Crippen LogP contribution in [-0.4, -0.2) is 11.5 Å². The van der Waals surface area contributed by atoms with Crippen molar-refractivity contribution in [3.8, 4) is 0 Å². The van der Waals surface area contributed by atoms with Gasteiger partial charge in [0.1, 0.15) is 0 Å². The van der Waals surface area contributed by atoms with E-state index in [4.69, 9.17) is 4.98 Å². The second kappa shape index (κ2) is 4.31. The molecule has 2 rings (SSSR count). The van der Waals surface area contributed by atoms with E-state index in [0.717, 1.165) is 19.5 Å². The Morgan fingerprint density at radius 1 is 1.47 bits per heavy atom. The molecule has 1 aromatic heterocycles. The molecule has 0 spiro atoms. The number of pyridine rings is 1. The summed E-state index contributed by atoms with van der Waals surface area (Å²) >= 11 is 0. The van der Waals surface area contributed by atoms with Gasteiger partial charge in [0.15, 0.2) is 0 Å². The van der Waals surface area contributed by atoms with Crippen LogP contribution in [0.15, 0.2) is 12.1 Å². The molecule has 0 bridgehead atoms. The summed E-state index contributed by atoms with van der Waals surface area (Å²) in [6, 6.07) is 4.42. The Hall–Kier alpha value is -0.890. The van der Waals surface area contributed by atoms with Crippen LogP contribution in [0.4, 0.5) is 0 Å². The van der Waals surface area contributed by atoms with E-state index in [0.29, 0.717) is 11.8 Å². The summed E-state index contributed by atoms with van der Waals surface area (Å²) in [5, 5.41) is 3.41. The Morgan fingerprint density at radius 3 is 3.00 bits per heavy atom. The van der Waals surface area contributed by atoms with E-state index >= 15 is 0 Å². The molecule has 0 aliphatic carbocycles. The van der Waals surface area contributed by atoms with E-state index in [1.54, 1.807) is 0 Å². The Morgan fingerprint density at radius 2 is 2.27 bits per heavy atom. The summed E-state index contributed by atoms with van der Waals surface area (Å²) < 4.78 is 0. The first-order valence-corrected chi connectivity index (χ1v) is 5.86. The van der Waals surface area contributed by atoms with Crippen molar-refractivity contribution in [3.63, 3.8) is 0 Å². The predicted octanol–water partition coefficient (Wildman–Crippen LogP) is 2.49. The molecule has 2 nitrogen and oxygen atoms in total. The number of hydrogen-bond donors (Lipinski definition) is 1. The lowest BCUT2D eigenvalue weighted by molar-refractivity contribution is 0.549. The Balaban J connectivity index is 2.27. The number of aromatic nitrogens is 1. The summed E-state index contributed by atoms with van der Waals surface area (Å²) in [6.45, 7) is 8.77. The van der Waals surface area contributed by atoms with Crippen LogP contribution < -0.4 is 5.32 Å². The molecule has 2 heteroatoms. The second-order valence-electron chi connectivity index (χ2n) is 4.98. The summed E-state index contributed by atoms with van der Waals surface area (Å²) in [5.74, 6) is 1.24. The molecule has 0 saturated carbocycles. The molecule has 0 radical (unpaired) electrons. The van der Waals surface area contributed by atoms with E-state index in [1.807, 2.05) is 0 Å². The monoisotopic (exact) mass is 204 g/mol. The number of rotatable bonds is 2. The predicted molar refractivity (Wildman–Crippen MR) is 62.9 cm³/mol. The smallest absolute Gasteiger partial charge is 0.0492 e. The topological polar surface area (TPSA) is 24.9 Å². The Labute approximate surface area is 92.1 Å². The molecule has 1 atom stereocenters. The zero-order valence-electron chi connectivity index (χ0n) is 9.88. The molecule has 82 valence electrons. The van der Waals surface area contributed by atoms with Gasteiger partial charge < -0.3 is 5.32 Å². The molecule has 0 aromatic carbocycles. The van der Waals surface area contributed by atoms with Gasteiger partial charge in [-0.25, -0.2) is 0 Å². The molecule has 0 fully saturated rings. The highest BCUT2D eigenvalue weighted by Crippen LogP contribution is 2.22. The quantitative estimate of drug-likeness (QED) is 0.800. The van der Waals surface area contributed by atoms with Gasteiger partial charge in [-0.15, -0.1) is 0 Å². The van der Waals surface area contributed by atoms with Crippen LogP contribution in [-0.2, 0) is 13.0 Å². The highest BCUT2D eigenvalue weighted by atomic mass is 14.9.